The molecular weight excluding hydrogens is 470 g/mol. The Morgan fingerprint density at radius 3 is 2.86 bits per heavy atom. The predicted molar refractivity (Wildman–Crippen MR) is 109 cm³/mol. The van der Waals surface area contributed by atoms with Gasteiger partial charge in [-0.05, 0) is 40.1 Å². The maximum absolute atomic E-state index is 12.5. The molecule has 3 rings (SSSR count). The molecule has 2 aliphatic rings. The Kier molecular flexibility index (Phi) is 6.83. The normalized spacial score (nSPS) is 21.1. The maximum atomic E-state index is 12.5. The van der Waals surface area contributed by atoms with Crippen LogP contribution in [0.5, 0.6) is 0 Å². The summed E-state index contributed by atoms with van der Waals surface area (Å²) in [6, 6.07) is 2.40. The molecule has 3 N–H and O–H groups in total. The molecule has 1 aromatic rings. The maximum Gasteiger partial charge on any atom is 0.352 e. The summed E-state index contributed by atoms with van der Waals surface area (Å²) in [4.78, 5) is 37.4. The molecule has 1 aromatic heterocycles. The van der Waals surface area contributed by atoms with Crippen LogP contribution in [0.25, 0.3) is 0 Å². The van der Waals surface area contributed by atoms with Gasteiger partial charge in [0.15, 0.2) is 0 Å². The Morgan fingerprint density at radius 2 is 2.21 bits per heavy atom. The van der Waals surface area contributed by atoms with Crippen molar-refractivity contribution in [2.75, 3.05) is 18.1 Å². The molecule has 0 spiro atoms. The number of carboxylic acid groups (broad SMARTS) is 1. The standard InChI is InChI=1S/C16H18BrN5O4S2/c1-2-5-18-16(26)19-11-13(23)22-12(15(24)25)8(7-28-14(11)22)6-27-10-4-3-9(17)20-21-10/h3-4,11,14H,2,5-7H2,1H3,(H,24,25)(H2,18,19,26)/t11?,14-/m0/s1. The first kappa shape index (κ1) is 20.9. The van der Waals surface area contributed by atoms with Gasteiger partial charge in [-0.1, -0.05) is 6.92 Å². The molecule has 0 bridgehead atoms. The number of rotatable bonds is 7. The highest BCUT2D eigenvalue weighted by atomic mass is 79.9. The van der Waals surface area contributed by atoms with Gasteiger partial charge in [-0.3, -0.25) is 9.69 Å². The van der Waals surface area contributed by atoms with Crippen molar-refractivity contribution in [3.8, 4) is 0 Å². The summed E-state index contributed by atoms with van der Waals surface area (Å²) < 4.78 is 0.617. The summed E-state index contributed by atoms with van der Waals surface area (Å²) in [5.41, 5.74) is 0.643. The van der Waals surface area contributed by atoms with Crippen LogP contribution in [0, 0.1) is 0 Å². The lowest BCUT2D eigenvalue weighted by Crippen LogP contribution is -2.71. The van der Waals surface area contributed by atoms with Crippen LogP contribution >= 0.6 is 39.5 Å². The lowest BCUT2D eigenvalue weighted by atomic mass is 10.0. The van der Waals surface area contributed by atoms with E-state index in [0.29, 0.717) is 33.3 Å². The summed E-state index contributed by atoms with van der Waals surface area (Å²) in [6.07, 6.45) is 0.784. The van der Waals surface area contributed by atoms with Crippen LogP contribution < -0.4 is 10.6 Å². The number of carbonyl (C=O) groups excluding carboxylic acids is 2. The molecule has 2 atom stereocenters. The van der Waals surface area contributed by atoms with Gasteiger partial charge < -0.3 is 15.7 Å². The molecule has 3 heterocycles. The van der Waals surface area contributed by atoms with Crippen molar-refractivity contribution in [2.24, 2.45) is 0 Å². The molecule has 9 nitrogen and oxygen atoms in total. The van der Waals surface area contributed by atoms with E-state index in [4.69, 9.17) is 0 Å². The molecular formula is C16H18BrN5O4S2. The quantitative estimate of drug-likeness (QED) is 0.391. The average Bonchev–Trinajstić information content (AvgIpc) is 2.69. The van der Waals surface area contributed by atoms with E-state index in [1.165, 1.54) is 28.4 Å². The van der Waals surface area contributed by atoms with Gasteiger partial charge in [-0.25, -0.2) is 9.59 Å². The van der Waals surface area contributed by atoms with E-state index < -0.39 is 29.3 Å². The number of thioether (sulfide) groups is 2. The lowest BCUT2D eigenvalue weighted by molar-refractivity contribution is -0.148. The van der Waals surface area contributed by atoms with E-state index in [-0.39, 0.29) is 5.70 Å². The third-order valence-electron chi connectivity index (χ3n) is 4.07. The number of hydrogen-bond acceptors (Lipinski definition) is 7. The van der Waals surface area contributed by atoms with E-state index in [0.717, 1.165) is 6.42 Å². The molecule has 0 radical (unpaired) electrons. The number of aliphatic carboxylic acids is 1. The minimum atomic E-state index is -1.15. The second kappa shape index (κ2) is 9.14. The second-order valence-corrected chi connectivity index (χ2v) is 8.94. The number of fused-ring (bicyclic) bond motifs is 1. The summed E-state index contributed by atoms with van der Waals surface area (Å²) in [5.74, 6) is -0.713. The topological polar surface area (TPSA) is 125 Å². The molecule has 1 fully saturated rings. The number of hydrogen-bond donors (Lipinski definition) is 3. The molecule has 28 heavy (non-hydrogen) atoms. The molecule has 12 heteroatoms. The van der Waals surface area contributed by atoms with Gasteiger partial charge in [0.25, 0.3) is 5.91 Å². The van der Waals surface area contributed by atoms with Crippen molar-refractivity contribution in [2.45, 2.75) is 29.8 Å². The Balaban J connectivity index is 1.69. The van der Waals surface area contributed by atoms with Gasteiger partial charge in [0.2, 0.25) is 0 Å². The predicted octanol–water partition coefficient (Wildman–Crippen LogP) is 1.66. The molecule has 0 aliphatic carbocycles. The molecule has 2 aliphatic heterocycles. The smallest absolute Gasteiger partial charge is 0.352 e. The highest BCUT2D eigenvalue weighted by Gasteiger charge is 2.54. The van der Waals surface area contributed by atoms with Gasteiger partial charge in [-0.15, -0.1) is 33.7 Å². The lowest BCUT2D eigenvalue weighted by Gasteiger charge is -2.49. The zero-order chi connectivity index (χ0) is 20.3. The van der Waals surface area contributed by atoms with Crippen LogP contribution in [0.2, 0.25) is 0 Å². The van der Waals surface area contributed by atoms with E-state index in [1.54, 1.807) is 12.1 Å². The summed E-state index contributed by atoms with van der Waals surface area (Å²) in [7, 11) is 0. The SMILES string of the molecule is CCCNC(=O)NC1C(=O)N2C(C(=O)O)=C(CSc3ccc(Br)nn3)CS[C@@H]12. The van der Waals surface area contributed by atoms with Crippen LogP contribution in [0.4, 0.5) is 4.79 Å². The summed E-state index contributed by atoms with van der Waals surface area (Å²) >= 11 is 6.02. The number of β-lactam (4-membered cyclic amide) rings is 1. The van der Waals surface area contributed by atoms with E-state index >= 15 is 0 Å². The number of carboxylic acids is 1. The minimum Gasteiger partial charge on any atom is -0.477 e. The third-order valence-corrected chi connectivity index (χ3v) is 6.84. The number of halogens is 1. The highest BCUT2D eigenvalue weighted by Crippen LogP contribution is 2.41. The van der Waals surface area contributed by atoms with Crippen molar-refractivity contribution in [3.05, 3.63) is 28.0 Å². The van der Waals surface area contributed by atoms with E-state index in [1.807, 2.05) is 6.92 Å². The fourth-order valence-electron chi connectivity index (χ4n) is 2.77. The number of carbonyl (C=O) groups is 3. The molecule has 1 unspecified atom stereocenters. The Labute approximate surface area is 178 Å². The molecule has 0 saturated carbocycles. The number of urea groups is 1. The number of aromatic nitrogens is 2. The molecule has 1 saturated heterocycles. The van der Waals surface area contributed by atoms with E-state index in [2.05, 4.69) is 36.8 Å². The summed E-state index contributed by atoms with van der Waals surface area (Å²) in [6.45, 7) is 2.44. The van der Waals surface area contributed by atoms with Crippen molar-refractivity contribution in [1.82, 2.24) is 25.7 Å². The van der Waals surface area contributed by atoms with Crippen LogP contribution in [0.1, 0.15) is 13.3 Å². The van der Waals surface area contributed by atoms with Gasteiger partial charge in [0, 0.05) is 18.1 Å². The highest BCUT2D eigenvalue weighted by molar-refractivity contribution is 9.10. The fourth-order valence-corrected chi connectivity index (χ4v) is 5.28. The molecule has 0 aromatic carbocycles. The van der Waals surface area contributed by atoms with Crippen LogP contribution in [0.3, 0.4) is 0 Å². The monoisotopic (exact) mass is 487 g/mol. The Morgan fingerprint density at radius 1 is 1.43 bits per heavy atom. The van der Waals surface area contributed by atoms with Crippen LogP contribution in [-0.2, 0) is 9.59 Å². The molecule has 3 amide bonds. The van der Waals surface area contributed by atoms with E-state index in [9.17, 15) is 19.5 Å². The van der Waals surface area contributed by atoms with Crippen molar-refractivity contribution >= 4 is 57.4 Å². The first-order valence-electron chi connectivity index (χ1n) is 8.48. The summed E-state index contributed by atoms with van der Waals surface area (Å²) in [5, 5.41) is 23.1. The van der Waals surface area contributed by atoms with Gasteiger partial charge in [0.1, 0.15) is 26.7 Å². The Hall–Kier alpha value is -1.79. The zero-order valence-electron chi connectivity index (χ0n) is 14.8. The third kappa shape index (κ3) is 4.44. The largest absolute Gasteiger partial charge is 0.477 e. The second-order valence-electron chi connectivity index (χ2n) is 6.03. The minimum absolute atomic E-state index is 0.00154. The van der Waals surface area contributed by atoms with Crippen LogP contribution in [-0.4, -0.2) is 67.6 Å². The first-order chi connectivity index (χ1) is 13.4. The van der Waals surface area contributed by atoms with Crippen molar-refractivity contribution in [3.63, 3.8) is 0 Å². The van der Waals surface area contributed by atoms with Gasteiger partial charge >= 0.3 is 12.0 Å². The number of nitrogens with one attached hydrogen (secondary N) is 2. The van der Waals surface area contributed by atoms with Crippen molar-refractivity contribution < 1.29 is 19.5 Å². The van der Waals surface area contributed by atoms with Gasteiger partial charge in [-0.2, -0.15) is 0 Å². The average molecular weight is 488 g/mol. The Bertz CT molecular complexity index is 820. The number of amides is 3. The number of nitrogens with zero attached hydrogens (tertiary/aromatic N) is 3. The van der Waals surface area contributed by atoms with Gasteiger partial charge in [0.05, 0.1) is 0 Å². The van der Waals surface area contributed by atoms with Crippen LogP contribution in [0.15, 0.2) is 33.0 Å². The van der Waals surface area contributed by atoms with Crippen molar-refractivity contribution in [1.29, 1.82) is 0 Å². The first-order valence-corrected chi connectivity index (χ1v) is 11.3. The molecule has 150 valence electrons. The zero-order valence-corrected chi connectivity index (χ0v) is 18.1. The fraction of sp³-hybridized carbons (Fsp3) is 0.438.